The van der Waals surface area contributed by atoms with Gasteiger partial charge < -0.3 is 16.0 Å². The molecule has 1 atom stereocenters. The smallest absolute Gasteiger partial charge is 0.272 e. The van der Waals surface area contributed by atoms with E-state index < -0.39 is 17.1 Å². The Morgan fingerprint density at radius 1 is 0.884 bits per heavy atom. The van der Waals surface area contributed by atoms with E-state index in [2.05, 4.69) is 20.9 Å². The Morgan fingerprint density at radius 2 is 1.63 bits per heavy atom. The zero-order chi connectivity index (χ0) is 30.3. The number of thiazole rings is 1. The first kappa shape index (κ1) is 30.3. The molecule has 0 radical (unpaired) electrons. The fourth-order valence-electron chi connectivity index (χ4n) is 3.97. The lowest BCUT2D eigenvalue weighted by atomic mass is 10.1. The number of halogens is 2. The quantitative estimate of drug-likeness (QED) is 0.111. The third kappa shape index (κ3) is 7.82. The van der Waals surface area contributed by atoms with Crippen LogP contribution in [0, 0.1) is 0 Å². The van der Waals surface area contributed by atoms with Crippen molar-refractivity contribution in [2.75, 3.05) is 10.6 Å². The molecule has 4 aromatic carbocycles. The third-order valence-corrected chi connectivity index (χ3v) is 8.99. The molecule has 0 saturated carbocycles. The van der Waals surface area contributed by atoms with Gasteiger partial charge in [0.15, 0.2) is 5.13 Å². The largest absolute Gasteiger partial charge is 0.321 e. The van der Waals surface area contributed by atoms with Gasteiger partial charge in [0, 0.05) is 16.1 Å². The van der Waals surface area contributed by atoms with Crippen LogP contribution in [-0.2, 0) is 9.59 Å². The Balaban J connectivity index is 1.30. The van der Waals surface area contributed by atoms with Crippen LogP contribution in [0.15, 0.2) is 108 Å². The van der Waals surface area contributed by atoms with Gasteiger partial charge in [0.25, 0.3) is 11.8 Å². The van der Waals surface area contributed by atoms with Gasteiger partial charge in [0.05, 0.1) is 25.5 Å². The number of carbonyl (C=O) groups excluding carboxylic acids is 3. The summed E-state index contributed by atoms with van der Waals surface area (Å²) in [5, 5.41) is 9.07. The van der Waals surface area contributed by atoms with E-state index in [1.165, 1.54) is 29.2 Å². The fourth-order valence-corrected chi connectivity index (χ4v) is 6.12. The summed E-state index contributed by atoms with van der Waals surface area (Å²) < 4.78 is 0.993. The van der Waals surface area contributed by atoms with Gasteiger partial charge in [-0.3, -0.25) is 14.4 Å². The Morgan fingerprint density at radius 3 is 2.42 bits per heavy atom. The maximum atomic E-state index is 13.5. The van der Waals surface area contributed by atoms with Crippen LogP contribution in [0.3, 0.4) is 0 Å². The molecule has 1 aromatic heterocycles. The third-order valence-electron chi connectivity index (χ3n) is 6.11. The molecule has 5 aromatic rings. The van der Waals surface area contributed by atoms with Gasteiger partial charge in [0.1, 0.15) is 5.70 Å². The van der Waals surface area contributed by atoms with E-state index in [0.29, 0.717) is 27.0 Å². The average Bonchev–Trinajstić information content (AvgIpc) is 3.42. The number of carbonyl (C=O) groups is 3. The van der Waals surface area contributed by atoms with E-state index >= 15 is 0 Å². The van der Waals surface area contributed by atoms with Crippen LogP contribution >= 0.6 is 46.3 Å². The van der Waals surface area contributed by atoms with Crippen LogP contribution in [-0.4, -0.2) is 28.0 Å². The standard InChI is InChI=1S/C32H24Cl2N4O3S2/c1-19(29(39)38-32-37-25-15-5-6-16-27(25)43-32)42-23-13-8-12-22(18-23)35-31(41)26(17-21-11-7-14-24(33)28(21)34)36-30(40)20-9-3-2-4-10-20/h2-19H,1H3,(H,35,41)(H,36,40)(H,37,38,39)/b26-17+. The predicted molar refractivity (Wildman–Crippen MR) is 177 cm³/mol. The van der Waals surface area contributed by atoms with E-state index in [4.69, 9.17) is 23.2 Å². The van der Waals surface area contributed by atoms with Crippen molar-refractivity contribution in [1.29, 1.82) is 0 Å². The topological polar surface area (TPSA) is 100 Å². The molecule has 0 aliphatic rings. The molecule has 1 heterocycles. The Labute approximate surface area is 266 Å². The Hall–Kier alpha value is -4.15. The molecule has 3 N–H and O–H groups in total. The maximum Gasteiger partial charge on any atom is 0.272 e. The van der Waals surface area contributed by atoms with Crippen molar-refractivity contribution in [2.45, 2.75) is 17.1 Å². The molecular weight excluding hydrogens is 623 g/mol. The van der Waals surface area contributed by atoms with E-state index in [0.717, 1.165) is 15.1 Å². The van der Waals surface area contributed by atoms with Crippen LogP contribution < -0.4 is 16.0 Å². The summed E-state index contributed by atoms with van der Waals surface area (Å²) in [7, 11) is 0. The number of amides is 3. The predicted octanol–water partition coefficient (Wildman–Crippen LogP) is 8.13. The molecule has 3 amide bonds. The Bertz CT molecular complexity index is 1810. The minimum Gasteiger partial charge on any atom is -0.321 e. The number of nitrogens with zero attached hydrogens (tertiary/aromatic N) is 1. The molecule has 11 heteroatoms. The van der Waals surface area contributed by atoms with Crippen molar-refractivity contribution in [3.05, 3.63) is 124 Å². The molecule has 43 heavy (non-hydrogen) atoms. The normalized spacial score (nSPS) is 12.0. The van der Waals surface area contributed by atoms with Crippen LogP contribution in [0.5, 0.6) is 0 Å². The highest BCUT2D eigenvalue weighted by Crippen LogP contribution is 2.30. The number of aromatic nitrogens is 1. The summed E-state index contributed by atoms with van der Waals surface area (Å²) in [4.78, 5) is 44.5. The number of rotatable bonds is 9. The van der Waals surface area contributed by atoms with Crippen molar-refractivity contribution >= 4 is 91.1 Å². The first-order chi connectivity index (χ1) is 20.8. The highest BCUT2D eigenvalue weighted by Gasteiger charge is 2.19. The summed E-state index contributed by atoms with van der Waals surface area (Å²) in [5.74, 6) is -1.22. The van der Waals surface area contributed by atoms with Crippen LogP contribution in [0.2, 0.25) is 10.0 Å². The number of hydrogen-bond acceptors (Lipinski definition) is 6. The van der Waals surface area contributed by atoms with Gasteiger partial charge in [-0.25, -0.2) is 4.98 Å². The van der Waals surface area contributed by atoms with Crippen molar-refractivity contribution < 1.29 is 14.4 Å². The lowest BCUT2D eigenvalue weighted by molar-refractivity contribution is -0.115. The van der Waals surface area contributed by atoms with Gasteiger partial charge in [0.2, 0.25) is 5.91 Å². The highest BCUT2D eigenvalue weighted by atomic mass is 35.5. The van der Waals surface area contributed by atoms with Crippen LogP contribution in [0.1, 0.15) is 22.8 Å². The number of para-hydroxylation sites is 1. The van der Waals surface area contributed by atoms with Crippen LogP contribution in [0.4, 0.5) is 10.8 Å². The minimum absolute atomic E-state index is 0.0281. The molecule has 1 unspecified atom stereocenters. The molecule has 216 valence electrons. The van der Waals surface area contributed by atoms with Crippen molar-refractivity contribution in [3.63, 3.8) is 0 Å². The monoisotopic (exact) mass is 646 g/mol. The number of thioether (sulfide) groups is 1. The number of nitrogens with one attached hydrogen (secondary N) is 3. The number of hydrogen-bond donors (Lipinski definition) is 3. The number of fused-ring (bicyclic) bond motifs is 1. The first-order valence-corrected chi connectivity index (χ1v) is 15.5. The molecule has 0 spiro atoms. The zero-order valence-corrected chi connectivity index (χ0v) is 25.8. The molecule has 0 saturated heterocycles. The average molecular weight is 648 g/mol. The Kier molecular flexibility index (Phi) is 9.79. The van der Waals surface area contributed by atoms with Gasteiger partial charge in [-0.05, 0) is 67.1 Å². The second kappa shape index (κ2) is 13.9. The van der Waals surface area contributed by atoms with E-state index in [-0.39, 0.29) is 16.6 Å². The van der Waals surface area contributed by atoms with Crippen molar-refractivity contribution in [1.82, 2.24) is 10.3 Å². The van der Waals surface area contributed by atoms with E-state index in [9.17, 15) is 14.4 Å². The molecular formula is C32H24Cl2N4O3S2. The summed E-state index contributed by atoms with van der Waals surface area (Å²) in [6, 6.07) is 28.4. The second-order valence-electron chi connectivity index (χ2n) is 9.24. The van der Waals surface area contributed by atoms with Crippen molar-refractivity contribution in [2.24, 2.45) is 0 Å². The summed E-state index contributed by atoms with van der Waals surface area (Å²) in [6.07, 6.45) is 1.47. The highest BCUT2D eigenvalue weighted by molar-refractivity contribution is 8.00. The van der Waals surface area contributed by atoms with E-state index in [1.54, 1.807) is 73.7 Å². The van der Waals surface area contributed by atoms with E-state index in [1.807, 2.05) is 30.3 Å². The number of anilines is 2. The molecule has 5 rings (SSSR count). The fraction of sp³-hybridized carbons (Fsp3) is 0.0625. The molecule has 7 nitrogen and oxygen atoms in total. The van der Waals surface area contributed by atoms with Gasteiger partial charge >= 0.3 is 0 Å². The van der Waals surface area contributed by atoms with Gasteiger partial charge in [-0.2, -0.15) is 0 Å². The molecule has 0 aliphatic carbocycles. The van der Waals surface area contributed by atoms with Gasteiger partial charge in [-0.15, -0.1) is 11.8 Å². The second-order valence-corrected chi connectivity index (χ2v) is 12.5. The lowest BCUT2D eigenvalue weighted by Gasteiger charge is -2.14. The van der Waals surface area contributed by atoms with Gasteiger partial charge in [-0.1, -0.05) is 83.1 Å². The minimum atomic E-state index is -0.566. The SMILES string of the molecule is CC(Sc1cccc(NC(=O)/C(=C\c2cccc(Cl)c2Cl)NC(=O)c2ccccc2)c1)C(=O)Nc1nc2ccccc2s1. The number of benzene rings is 4. The molecule has 0 bridgehead atoms. The molecule has 0 fully saturated rings. The molecule has 0 aliphatic heterocycles. The first-order valence-electron chi connectivity index (χ1n) is 13.0. The summed E-state index contributed by atoms with van der Waals surface area (Å²) >= 11 is 15.3. The summed E-state index contributed by atoms with van der Waals surface area (Å²) in [5.41, 5.74) is 2.13. The zero-order valence-electron chi connectivity index (χ0n) is 22.6. The van der Waals surface area contributed by atoms with Crippen molar-refractivity contribution in [3.8, 4) is 0 Å². The summed E-state index contributed by atoms with van der Waals surface area (Å²) in [6.45, 7) is 1.80. The van der Waals surface area contributed by atoms with Crippen LogP contribution in [0.25, 0.3) is 16.3 Å². The maximum absolute atomic E-state index is 13.5. The lowest BCUT2D eigenvalue weighted by Crippen LogP contribution is -2.30.